The number of hydrogen-bond acceptors (Lipinski definition) is 22. The molecule has 22 nitrogen and oxygen atoms in total. The van der Waals surface area contributed by atoms with Gasteiger partial charge < -0.3 is 83.5 Å². The lowest BCUT2D eigenvalue weighted by atomic mass is 10.4. The maximum atomic E-state index is 14.0. The van der Waals surface area contributed by atoms with Crippen LogP contribution in [-0.4, -0.2) is 254 Å². The summed E-state index contributed by atoms with van der Waals surface area (Å²) in [6.45, 7) is 36.8. The molecule has 0 amide bonds. The van der Waals surface area contributed by atoms with Crippen molar-refractivity contribution < 1.29 is 93.1 Å². The van der Waals surface area contributed by atoms with Crippen molar-refractivity contribution in [3.63, 3.8) is 0 Å². The molecule has 0 radical (unpaired) electrons. The standard InChI is InChI=1S/C28H100O22Si24/c1-51-33-69(34-52-2,35-53-3)27(70(36-54-4,37-55-5)38-56-6,71(39-57-7,40-58-8)41-59-9)21-23-31-25(29)19-20-26(30)32-24-22-28(72(42-60-10,43-61-11)44-62-12,73(45-63-13,46-64-14)47-65-15)74(48-66-16,49-67-17)50-68-18/h19-20H,21-24,51-68H2,1-18H3/b20-19+. The van der Waals surface area contributed by atoms with E-state index in [2.05, 4.69) is 118 Å². The normalized spacial score (nSPS) is 21.7. The molecule has 0 aliphatic carbocycles. The van der Waals surface area contributed by atoms with E-state index in [9.17, 15) is 9.59 Å². The number of hydrogen-bond donors (Lipinski definition) is 0. The first-order valence-electron chi connectivity index (χ1n) is 27.1. The van der Waals surface area contributed by atoms with Crippen molar-refractivity contribution in [3.8, 4) is 0 Å². The Labute approximate surface area is 494 Å². The second-order valence-corrected chi connectivity index (χ2v) is 61.1. The molecule has 74 heavy (non-hydrogen) atoms. The number of carbonyl (C=O) groups excluding carboxylic acids is 2. The van der Waals surface area contributed by atoms with Crippen LogP contribution in [0.1, 0.15) is 12.8 Å². The topological polar surface area (TPSA) is 219 Å². The molecule has 0 atom stereocenters. The molecule has 0 aromatic rings. The summed E-state index contributed by atoms with van der Waals surface area (Å²) in [5.74, 6) is -1.52. The van der Waals surface area contributed by atoms with Gasteiger partial charge in [0.05, 0.1) is 13.2 Å². The van der Waals surface area contributed by atoms with Gasteiger partial charge in [0.2, 0.25) is 0 Å². The van der Waals surface area contributed by atoms with E-state index in [0.717, 1.165) is 12.2 Å². The lowest BCUT2D eigenvalue weighted by Gasteiger charge is -2.57. The van der Waals surface area contributed by atoms with Crippen LogP contribution in [0, 0.1) is 0 Å². The van der Waals surface area contributed by atoms with Gasteiger partial charge in [-0.25, -0.2) is 9.59 Å². The number of esters is 2. The molecule has 0 fully saturated rings. The quantitative estimate of drug-likeness (QED) is 0.0314. The maximum absolute atomic E-state index is 14.0. The second kappa shape index (κ2) is 42.0. The molecule has 0 bridgehead atoms. The van der Waals surface area contributed by atoms with E-state index < -0.39 is 249 Å². The Morgan fingerprint density at radius 2 is 0.392 bits per heavy atom. The molecular formula is C28H100O22Si24. The molecular weight excluding hydrogens is 1360 g/mol. The summed E-state index contributed by atoms with van der Waals surface area (Å²) in [6.07, 6.45) is 2.36. The third-order valence-electron chi connectivity index (χ3n) is 11.0. The van der Waals surface area contributed by atoms with Gasteiger partial charge in [-0.15, -0.1) is 0 Å². The van der Waals surface area contributed by atoms with Crippen LogP contribution in [0.2, 0.25) is 126 Å². The van der Waals surface area contributed by atoms with Gasteiger partial charge in [0, 0.05) is 25.0 Å². The van der Waals surface area contributed by atoms with Crippen molar-refractivity contribution in [2.24, 2.45) is 0 Å². The fraction of sp³-hybridized carbons (Fsp3) is 0.857. The number of rotatable bonds is 50. The third kappa shape index (κ3) is 18.8. The van der Waals surface area contributed by atoms with Crippen LogP contribution < -0.4 is 0 Å². The highest BCUT2D eigenvalue weighted by Crippen LogP contribution is 2.61. The minimum Gasteiger partial charge on any atom is -0.463 e. The Morgan fingerprint density at radius 3 is 0.500 bits per heavy atom. The van der Waals surface area contributed by atoms with Crippen molar-refractivity contribution >= 4 is 241 Å². The summed E-state index contributed by atoms with van der Waals surface area (Å²) < 4.78 is 137. The Bertz CT molecular complexity index is 1190. The van der Waals surface area contributed by atoms with Crippen LogP contribution in [0.15, 0.2) is 12.2 Å². The molecule has 0 aliphatic rings. The van der Waals surface area contributed by atoms with E-state index in [0.29, 0.717) is 0 Å². The first-order chi connectivity index (χ1) is 35.6. The predicted molar refractivity (Wildman–Crippen MR) is 359 cm³/mol. The molecule has 0 N–H and O–H groups in total. The fourth-order valence-corrected chi connectivity index (χ4v) is 109. The third-order valence-corrected chi connectivity index (χ3v) is 77.9. The van der Waals surface area contributed by atoms with Crippen molar-refractivity contribution in [1.82, 2.24) is 0 Å². The largest absolute Gasteiger partial charge is 0.484 e. The van der Waals surface area contributed by atoms with Gasteiger partial charge in [-0.05, 0) is 0 Å². The Kier molecular flexibility index (Phi) is 43.8. The van der Waals surface area contributed by atoms with Crippen LogP contribution in [-0.2, 0) is 93.1 Å². The maximum Gasteiger partial charge on any atom is 0.484 e. The van der Waals surface area contributed by atoms with Gasteiger partial charge >= 0.3 is 64.8 Å². The molecule has 0 heterocycles. The summed E-state index contributed by atoms with van der Waals surface area (Å²) in [5, 5.41) is 0. The first kappa shape index (κ1) is 77.2. The van der Waals surface area contributed by atoms with Crippen LogP contribution in [0.5, 0.6) is 0 Å². The van der Waals surface area contributed by atoms with E-state index in [1.54, 1.807) is 0 Å². The zero-order valence-electron chi connectivity index (χ0n) is 48.7. The van der Waals surface area contributed by atoms with Crippen LogP contribution in [0.4, 0.5) is 0 Å². The molecule has 440 valence electrons. The van der Waals surface area contributed by atoms with Crippen LogP contribution in [0.3, 0.4) is 0 Å². The summed E-state index contributed by atoms with van der Waals surface area (Å²) in [5.41, 5.74) is 0. The van der Waals surface area contributed by atoms with Crippen LogP contribution >= 0.6 is 0 Å². The summed E-state index contributed by atoms with van der Waals surface area (Å²) >= 11 is 0. The van der Waals surface area contributed by atoms with E-state index >= 15 is 0 Å². The highest BCUT2D eigenvalue weighted by molar-refractivity contribution is 7.10. The molecule has 0 saturated heterocycles. The predicted octanol–water partition coefficient (Wildman–Crippen LogP) is -8.65. The zero-order valence-corrected chi connectivity index (χ0v) is 80.1. The van der Waals surface area contributed by atoms with Crippen molar-refractivity contribution in [3.05, 3.63) is 12.2 Å². The monoisotopic (exact) mass is 1460 g/mol. The molecule has 0 saturated carbocycles. The summed E-state index contributed by atoms with van der Waals surface area (Å²) in [6, 6.07) is 0. The van der Waals surface area contributed by atoms with Gasteiger partial charge in [0.1, 0.15) is 176 Å². The molecule has 46 heteroatoms. The minimum atomic E-state index is -3.94. The highest BCUT2D eigenvalue weighted by atomic mass is 28.6. The van der Waals surface area contributed by atoms with Gasteiger partial charge in [-0.3, -0.25) is 0 Å². The summed E-state index contributed by atoms with van der Waals surface area (Å²) in [4.78, 5) is 28.0. The van der Waals surface area contributed by atoms with Crippen molar-refractivity contribution in [1.29, 1.82) is 0 Å². The van der Waals surface area contributed by atoms with Gasteiger partial charge in [-0.1, -0.05) is 118 Å². The van der Waals surface area contributed by atoms with Gasteiger partial charge in [0.15, 0.2) is 8.57 Å². The Hall–Kier alpha value is 3.17. The molecule has 0 aromatic carbocycles. The second-order valence-electron chi connectivity index (χ2n) is 15.1. The Balaban J connectivity index is 8.08. The van der Waals surface area contributed by atoms with E-state index in [1.807, 2.05) is 0 Å². The molecule has 0 rings (SSSR count). The van der Waals surface area contributed by atoms with Crippen molar-refractivity contribution in [2.75, 3.05) is 13.2 Å². The smallest absolute Gasteiger partial charge is 0.463 e. The summed E-state index contributed by atoms with van der Waals surface area (Å²) in [7, 11) is -45.4. The highest BCUT2D eigenvalue weighted by Gasteiger charge is 2.89. The minimum absolute atomic E-state index is 0.0918. The number of ether oxygens (including phenoxy) is 2. The first-order valence-corrected chi connectivity index (χ1v) is 73.3. The fourth-order valence-electron chi connectivity index (χ4n) is 9.27. The van der Waals surface area contributed by atoms with Gasteiger partial charge in [-0.2, -0.15) is 0 Å². The average Bonchev–Trinajstić information content (AvgIpc) is 3.34. The Morgan fingerprint density at radius 1 is 0.270 bits per heavy atom. The SMILES string of the molecule is C[SiH2]O[Si](O[SiH2]C)(O[SiH2]C)C(CCOC(=O)/C=C/C(=O)OCCC([Si](O[SiH2]C)(O[SiH2]C)O[SiH2]C)([Si](O[SiH2]C)(O[SiH2]C)O[SiH2]C)[Si](O[SiH2]C)(O[SiH2]C)O[SiH2]C)([Si](O[SiH2]C)(O[SiH2]C)O[SiH2]C)[Si](O[SiH2]C)(O[SiH2]C)O[SiH2]C. The zero-order chi connectivity index (χ0) is 56.3. The van der Waals surface area contributed by atoms with Gasteiger partial charge in [0.25, 0.3) is 0 Å². The average molecular weight is 1460 g/mol. The molecule has 0 aliphatic heterocycles. The van der Waals surface area contributed by atoms with E-state index in [1.165, 1.54) is 0 Å². The lowest BCUT2D eigenvalue weighted by Crippen LogP contribution is -2.83. The van der Waals surface area contributed by atoms with Crippen molar-refractivity contribution in [2.45, 2.75) is 139 Å². The molecule has 0 aromatic heterocycles. The lowest BCUT2D eigenvalue weighted by molar-refractivity contribution is -0.140. The van der Waals surface area contributed by atoms with Crippen LogP contribution in [0.25, 0.3) is 0 Å². The molecule has 0 spiro atoms. The van der Waals surface area contributed by atoms with E-state index in [-0.39, 0.29) is 26.1 Å². The van der Waals surface area contributed by atoms with E-state index in [4.69, 9.17) is 83.5 Å². The number of carbonyl (C=O) groups is 2. The molecule has 0 unspecified atom stereocenters.